The maximum atomic E-state index is 11.7. The SMILES string of the molecule is CCS[C@@H]1NC(=O)[C@H]1NC(=O)COc1ccccc1. The average molecular weight is 280 g/mol. The predicted molar refractivity (Wildman–Crippen MR) is 73.9 cm³/mol. The van der Waals surface area contributed by atoms with E-state index in [-0.39, 0.29) is 23.8 Å². The van der Waals surface area contributed by atoms with Crippen molar-refractivity contribution in [1.82, 2.24) is 10.6 Å². The molecule has 102 valence electrons. The minimum atomic E-state index is -0.447. The molecule has 0 saturated carbocycles. The van der Waals surface area contributed by atoms with Crippen molar-refractivity contribution in [1.29, 1.82) is 0 Å². The Kier molecular flexibility index (Phi) is 4.68. The zero-order valence-electron chi connectivity index (χ0n) is 10.6. The zero-order valence-corrected chi connectivity index (χ0v) is 11.4. The summed E-state index contributed by atoms with van der Waals surface area (Å²) in [6, 6.07) is 8.65. The summed E-state index contributed by atoms with van der Waals surface area (Å²) in [6.45, 7) is 1.92. The van der Waals surface area contributed by atoms with Gasteiger partial charge in [-0.2, -0.15) is 0 Å². The highest BCUT2D eigenvalue weighted by molar-refractivity contribution is 8.00. The molecule has 0 bridgehead atoms. The minimum Gasteiger partial charge on any atom is -0.484 e. The Hall–Kier alpha value is -1.69. The van der Waals surface area contributed by atoms with Crippen LogP contribution in [0.4, 0.5) is 0 Å². The van der Waals surface area contributed by atoms with Gasteiger partial charge in [-0.1, -0.05) is 25.1 Å². The molecule has 0 unspecified atom stereocenters. The molecule has 1 saturated heterocycles. The quantitative estimate of drug-likeness (QED) is 0.755. The number of carbonyl (C=O) groups excluding carboxylic acids is 2. The third kappa shape index (κ3) is 3.64. The van der Waals surface area contributed by atoms with E-state index < -0.39 is 6.04 Å². The van der Waals surface area contributed by atoms with Crippen LogP contribution in [0.5, 0.6) is 5.75 Å². The first kappa shape index (κ1) is 13.7. The zero-order chi connectivity index (χ0) is 13.7. The van der Waals surface area contributed by atoms with Gasteiger partial charge in [0.2, 0.25) is 5.91 Å². The van der Waals surface area contributed by atoms with E-state index in [1.165, 1.54) is 0 Å². The van der Waals surface area contributed by atoms with Gasteiger partial charge in [-0.15, -0.1) is 11.8 Å². The summed E-state index contributed by atoms with van der Waals surface area (Å²) in [5.74, 6) is 1.09. The summed E-state index contributed by atoms with van der Waals surface area (Å²) in [6.07, 6.45) is 0. The number of β-lactam (4-membered cyclic amide) rings is 1. The molecular formula is C13H16N2O3S. The molecule has 1 aromatic carbocycles. The third-order valence-corrected chi connectivity index (χ3v) is 3.73. The molecule has 1 fully saturated rings. The summed E-state index contributed by atoms with van der Waals surface area (Å²) >= 11 is 1.60. The van der Waals surface area contributed by atoms with Crippen molar-refractivity contribution >= 4 is 23.6 Å². The molecule has 1 aromatic rings. The second kappa shape index (κ2) is 6.47. The summed E-state index contributed by atoms with van der Waals surface area (Å²) in [7, 11) is 0. The van der Waals surface area contributed by atoms with Crippen LogP contribution in [0.25, 0.3) is 0 Å². The van der Waals surface area contributed by atoms with Crippen LogP contribution in [-0.2, 0) is 9.59 Å². The van der Waals surface area contributed by atoms with Crippen LogP contribution >= 0.6 is 11.8 Å². The standard InChI is InChI=1S/C13H16N2O3S/c1-2-19-13-11(12(17)15-13)14-10(16)8-18-9-6-4-3-5-7-9/h3-7,11,13H,2,8H2,1H3,(H,14,16)(H,15,17)/t11-,13+/m1/s1. The summed E-state index contributed by atoms with van der Waals surface area (Å²) in [4.78, 5) is 23.0. The fourth-order valence-electron chi connectivity index (χ4n) is 1.69. The lowest BCUT2D eigenvalue weighted by Crippen LogP contribution is -2.68. The van der Waals surface area contributed by atoms with Gasteiger partial charge in [0, 0.05) is 0 Å². The van der Waals surface area contributed by atoms with Gasteiger partial charge in [-0.05, 0) is 17.9 Å². The number of hydrogen-bond acceptors (Lipinski definition) is 4. The molecule has 5 nitrogen and oxygen atoms in total. The van der Waals surface area contributed by atoms with Gasteiger partial charge in [0.15, 0.2) is 6.61 Å². The van der Waals surface area contributed by atoms with Gasteiger partial charge < -0.3 is 15.4 Å². The van der Waals surface area contributed by atoms with E-state index in [2.05, 4.69) is 10.6 Å². The van der Waals surface area contributed by atoms with Gasteiger partial charge in [0.05, 0.1) is 0 Å². The molecule has 0 aliphatic carbocycles. The van der Waals surface area contributed by atoms with Crippen molar-refractivity contribution in [3.63, 3.8) is 0 Å². The molecule has 1 aliphatic rings. The highest BCUT2D eigenvalue weighted by Crippen LogP contribution is 2.19. The van der Waals surface area contributed by atoms with E-state index in [9.17, 15) is 9.59 Å². The smallest absolute Gasteiger partial charge is 0.258 e. The molecule has 2 amide bonds. The van der Waals surface area contributed by atoms with Gasteiger partial charge in [0.1, 0.15) is 17.2 Å². The minimum absolute atomic E-state index is 0.0295. The van der Waals surface area contributed by atoms with Crippen LogP contribution in [0.15, 0.2) is 30.3 Å². The Morgan fingerprint density at radius 1 is 1.42 bits per heavy atom. The molecule has 0 spiro atoms. The molecule has 2 N–H and O–H groups in total. The van der Waals surface area contributed by atoms with Crippen LogP contribution in [0.2, 0.25) is 0 Å². The number of thioether (sulfide) groups is 1. The lowest BCUT2D eigenvalue weighted by Gasteiger charge is -2.36. The van der Waals surface area contributed by atoms with Crippen molar-refractivity contribution in [2.75, 3.05) is 12.4 Å². The fraction of sp³-hybridized carbons (Fsp3) is 0.385. The van der Waals surface area contributed by atoms with Crippen molar-refractivity contribution in [3.05, 3.63) is 30.3 Å². The van der Waals surface area contributed by atoms with Crippen LogP contribution in [0.3, 0.4) is 0 Å². The van der Waals surface area contributed by atoms with E-state index in [1.807, 2.05) is 25.1 Å². The molecular weight excluding hydrogens is 264 g/mol. The van der Waals surface area contributed by atoms with Gasteiger partial charge in [-0.25, -0.2) is 0 Å². The van der Waals surface area contributed by atoms with E-state index >= 15 is 0 Å². The number of ether oxygens (including phenoxy) is 1. The Balaban J connectivity index is 1.76. The van der Waals surface area contributed by atoms with Crippen molar-refractivity contribution in [3.8, 4) is 5.75 Å². The van der Waals surface area contributed by atoms with Crippen LogP contribution in [-0.4, -0.2) is 35.6 Å². The Morgan fingerprint density at radius 3 is 2.79 bits per heavy atom. The number of hydrogen-bond donors (Lipinski definition) is 2. The van der Waals surface area contributed by atoms with E-state index in [1.54, 1.807) is 23.9 Å². The molecule has 2 atom stereocenters. The van der Waals surface area contributed by atoms with Crippen LogP contribution in [0.1, 0.15) is 6.92 Å². The lowest BCUT2D eigenvalue weighted by molar-refractivity contribution is -0.134. The number of para-hydroxylation sites is 1. The number of nitrogens with one attached hydrogen (secondary N) is 2. The molecule has 1 aliphatic heterocycles. The second-order valence-corrected chi connectivity index (χ2v) is 5.45. The maximum Gasteiger partial charge on any atom is 0.258 e. The molecule has 2 rings (SSSR count). The van der Waals surface area contributed by atoms with Crippen LogP contribution < -0.4 is 15.4 Å². The molecule has 1 heterocycles. The molecule has 0 aromatic heterocycles. The first-order valence-corrected chi connectivity index (χ1v) is 7.14. The highest BCUT2D eigenvalue weighted by atomic mass is 32.2. The number of rotatable bonds is 6. The van der Waals surface area contributed by atoms with Crippen molar-refractivity contribution in [2.24, 2.45) is 0 Å². The van der Waals surface area contributed by atoms with E-state index in [4.69, 9.17) is 4.74 Å². The average Bonchev–Trinajstić information content (AvgIpc) is 2.43. The summed E-state index contributed by atoms with van der Waals surface area (Å²) in [5, 5.41) is 5.39. The summed E-state index contributed by atoms with van der Waals surface area (Å²) < 4.78 is 5.32. The van der Waals surface area contributed by atoms with Gasteiger partial charge >= 0.3 is 0 Å². The van der Waals surface area contributed by atoms with Crippen LogP contribution in [0, 0.1) is 0 Å². The van der Waals surface area contributed by atoms with Gasteiger partial charge in [0.25, 0.3) is 5.91 Å². The maximum absolute atomic E-state index is 11.7. The number of benzene rings is 1. The first-order valence-electron chi connectivity index (χ1n) is 6.10. The van der Waals surface area contributed by atoms with Crippen molar-refractivity contribution < 1.29 is 14.3 Å². The monoisotopic (exact) mass is 280 g/mol. The normalized spacial score (nSPS) is 21.2. The highest BCUT2D eigenvalue weighted by Gasteiger charge is 2.40. The Bertz CT molecular complexity index is 452. The molecule has 19 heavy (non-hydrogen) atoms. The second-order valence-electron chi connectivity index (χ2n) is 4.03. The Labute approximate surface area is 116 Å². The number of amides is 2. The largest absolute Gasteiger partial charge is 0.484 e. The van der Waals surface area contributed by atoms with Gasteiger partial charge in [-0.3, -0.25) is 9.59 Å². The fourth-order valence-corrected chi connectivity index (χ4v) is 2.64. The Morgan fingerprint density at radius 2 is 2.16 bits per heavy atom. The summed E-state index contributed by atoms with van der Waals surface area (Å²) in [5.41, 5.74) is 0. The van der Waals surface area contributed by atoms with E-state index in [0.717, 1.165) is 5.75 Å². The van der Waals surface area contributed by atoms with E-state index in [0.29, 0.717) is 5.75 Å². The van der Waals surface area contributed by atoms with Crippen molar-refractivity contribution in [2.45, 2.75) is 18.3 Å². The first-order chi connectivity index (χ1) is 9.20. The third-order valence-electron chi connectivity index (χ3n) is 2.65. The molecule has 6 heteroatoms. The molecule has 0 radical (unpaired) electrons. The predicted octanol–water partition coefficient (Wildman–Crippen LogP) is 0.759. The number of carbonyl (C=O) groups is 2. The lowest BCUT2D eigenvalue weighted by atomic mass is 10.1. The topological polar surface area (TPSA) is 67.4 Å².